The zero-order chi connectivity index (χ0) is 18.4. The van der Waals surface area contributed by atoms with Gasteiger partial charge in [-0.05, 0) is 35.7 Å². The van der Waals surface area contributed by atoms with Crippen molar-refractivity contribution in [1.82, 2.24) is 9.47 Å². The predicted octanol–water partition coefficient (Wildman–Crippen LogP) is 2.55. The number of amides is 1. The van der Waals surface area contributed by atoms with Gasteiger partial charge in [-0.15, -0.1) is 0 Å². The average molecular weight is 364 g/mol. The molecule has 1 saturated heterocycles. The molecule has 0 bridgehead atoms. The maximum absolute atomic E-state index is 12.8. The average Bonchev–Trinajstić information content (AvgIpc) is 3.40. The number of carbonyl (C=O) groups is 1. The molecule has 3 heterocycles. The van der Waals surface area contributed by atoms with Crippen molar-refractivity contribution in [1.29, 1.82) is 0 Å². The van der Waals surface area contributed by atoms with E-state index < -0.39 is 5.76 Å². The normalized spacial score (nSPS) is 18.7. The van der Waals surface area contributed by atoms with Gasteiger partial charge in [0, 0.05) is 25.4 Å². The highest BCUT2D eigenvalue weighted by Crippen LogP contribution is 2.33. The van der Waals surface area contributed by atoms with E-state index >= 15 is 0 Å². The molecule has 0 aliphatic carbocycles. The maximum atomic E-state index is 12.8. The van der Waals surface area contributed by atoms with E-state index in [-0.39, 0.29) is 12.5 Å². The summed E-state index contributed by atoms with van der Waals surface area (Å²) in [6.07, 6.45) is 1.89. The van der Waals surface area contributed by atoms with Crippen molar-refractivity contribution in [2.45, 2.75) is 25.3 Å². The van der Waals surface area contributed by atoms with Crippen molar-refractivity contribution in [2.24, 2.45) is 0 Å². The summed E-state index contributed by atoms with van der Waals surface area (Å²) >= 11 is 0. The van der Waals surface area contributed by atoms with Gasteiger partial charge < -0.3 is 14.1 Å². The van der Waals surface area contributed by atoms with E-state index in [1.807, 2.05) is 23.1 Å². The first-order valence-corrected chi connectivity index (χ1v) is 9.31. The fourth-order valence-electron chi connectivity index (χ4n) is 4.12. The number of hydrogen-bond donors (Lipinski definition) is 0. The molecule has 0 spiro atoms. The van der Waals surface area contributed by atoms with Crippen molar-refractivity contribution in [3.63, 3.8) is 0 Å². The molecule has 6 nitrogen and oxygen atoms in total. The Bertz CT molecular complexity index is 1080. The summed E-state index contributed by atoms with van der Waals surface area (Å²) in [6, 6.07) is 13.5. The minimum Gasteiger partial charge on any atom is -0.493 e. The highest BCUT2D eigenvalue weighted by molar-refractivity contribution is 5.80. The Morgan fingerprint density at radius 1 is 1.19 bits per heavy atom. The summed E-state index contributed by atoms with van der Waals surface area (Å²) in [6.45, 7) is 2.16. The van der Waals surface area contributed by atoms with Crippen LogP contribution in [0.2, 0.25) is 0 Å². The number of benzene rings is 2. The fourth-order valence-corrected chi connectivity index (χ4v) is 4.12. The lowest BCUT2D eigenvalue weighted by Gasteiger charge is -2.17. The Labute approximate surface area is 155 Å². The molecule has 1 amide bonds. The van der Waals surface area contributed by atoms with E-state index in [0.29, 0.717) is 30.1 Å². The van der Waals surface area contributed by atoms with E-state index in [1.54, 1.807) is 12.1 Å². The van der Waals surface area contributed by atoms with E-state index in [4.69, 9.17) is 9.15 Å². The van der Waals surface area contributed by atoms with Crippen molar-refractivity contribution >= 4 is 17.0 Å². The van der Waals surface area contributed by atoms with Crippen LogP contribution in [0.5, 0.6) is 5.75 Å². The molecule has 6 heteroatoms. The molecule has 2 aromatic carbocycles. The standard InChI is InChI=1S/C21H20N2O4/c24-20(13-23-17-3-1-2-4-19(17)27-21(23)25)22-9-7-16(12-22)14-5-6-18-15(11-14)8-10-26-18/h1-6,11,16H,7-10,12-13H2/t16-/m1/s1. The Morgan fingerprint density at radius 2 is 2.07 bits per heavy atom. The smallest absolute Gasteiger partial charge is 0.420 e. The minimum absolute atomic E-state index is 0.0145. The van der Waals surface area contributed by atoms with Gasteiger partial charge in [-0.3, -0.25) is 9.36 Å². The van der Waals surface area contributed by atoms with Gasteiger partial charge in [-0.2, -0.15) is 0 Å². The minimum atomic E-state index is -0.487. The summed E-state index contributed by atoms with van der Waals surface area (Å²) < 4.78 is 12.2. The van der Waals surface area contributed by atoms with Crippen molar-refractivity contribution < 1.29 is 13.9 Å². The van der Waals surface area contributed by atoms with E-state index in [2.05, 4.69) is 12.1 Å². The topological polar surface area (TPSA) is 64.7 Å². The molecule has 2 aliphatic rings. The van der Waals surface area contributed by atoms with Crippen molar-refractivity contribution in [2.75, 3.05) is 19.7 Å². The number of fused-ring (bicyclic) bond motifs is 2. The molecule has 27 heavy (non-hydrogen) atoms. The molecule has 3 aromatic rings. The second kappa shape index (κ2) is 6.30. The Kier molecular flexibility index (Phi) is 3.77. The number of likely N-dealkylation sites (tertiary alicyclic amines) is 1. The van der Waals surface area contributed by atoms with Gasteiger partial charge in [0.25, 0.3) is 0 Å². The summed E-state index contributed by atoms with van der Waals surface area (Å²) in [7, 11) is 0. The molecule has 5 rings (SSSR count). The quantitative estimate of drug-likeness (QED) is 0.716. The van der Waals surface area contributed by atoms with Gasteiger partial charge in [0.15, 0.2) is 5.58 Å². The third-order valence-electron chi connectivity index (χ3n) is 5.59. The van der Waals surface area contributed by atoms with Crippen molar-refractivity contribution in [3.8, 4) is 5.75 Å². The lowest BCUT2D eigenvalue weighted by Crippen LogP contribution is -2.34. The number of nitrogens with zero attached hydrogens (tertiary/aromatic N) is 2. The monoisotopic (exact) mass is 364 g/mol. The van der Waals surface area contributed by atoms with Crippen LogP contribution in [0.3, 0.4) is 0 Å². The summed E-state index contributed by atoms with van der Waals surface area (Å²) in [5, 5.41) is 0. The molecule has 0 N–H and O–H groups in total. The number of oxazole rings is 1. The Morgan fingerprint density at radius 3 is 3.00 bits per heavy atom. The fraction of sp³-hybridized carbons (Fsp3) is 0.333. The Hall–Kier alpha value is -3.02. The lowest BCUT2D eigenvalue weighted by molar-refractivity contribution is -0.130. The van der Waals surface area contributed by atoms with Gasteiger partial charge in [0.1, 0.15) is 12.3 Å². The highest BCUT2D eigenvalue weighted by Gasteiger charge is 2.29. The molecule has 138 valence electrons. The van der Waals surface area contributed by atoms with Gasteiger partial charge in [-0.25, -0.2) is 4.79 Å². The largest absolute Gasteiger partial charge is 0.493 e. The molecule has 0 saturated carbocycles. The molecule has 1 aromatic heterocycles. The molecular formula is C21H20N2O4. The zero-order valence-electron chi connectivity index (χ0n) is 14.9. The molecule has 1 atom stereocenters. The number of para-hydroxylation sites is 2. The van der Waals surface area contributed by atoms with Crippen LogP contribution in [0.1, 0.15) is 23.5 Å². The summed E-state index contributed by atoms with van der Waals surface area (Å²) in [5.74, 6) is 0.781. The van der Waals surface area contributed by atoms with Crippen LogP contribution in [0, 0.1) is 0 Å². The number of aromatic nitrogens is 1. The highest BCUT2D eigenvalue weighted by atomic mass is 16.5. The molecule has 0 unspecified atom stereocenters. The summed E-state index contributed by atoms with van der Waals surface area (Å²) in [5.41, 5.74) is 3.69. The number of ether oxygens (including phenoxy) is 1. The van der Waals surface area contributed by atoms with Gasteiger partial charge in [-0.1, -0.05) is 24.3 Å². The maximum Gasteiger partial charge on any atom is 0.420 e. The van der Waals surface area contributed by atoms with Crippen LogP contribution in [-0.4, -0.2) is 35.1 Å². The first-order chi connectivity index (χ1) is 13.2. The van der Waals surface area contributed by atoms with Crippen LogP contribution in [0.25, 0.3) is 11.1 Å². The molecule has 1 fully saturated rings. The second-order valence-electron chi connectivity index (χ2n) is 7.21. The zero-order valence-corrected chi connectivity index (χ0v) is 14.9. The van der Waals surface area contributed by atoms with Crippen LogP contribution in [0.4, 0.5) is 0 Å². The number of carbonyl (C=O) groups excluding carboxylic acids is 1. The van der Waals surface area contributed by atoms with Crippen LogP contribution in [0.15, 0.2) is 51.7 Å². The Balaban J connectivity index is 1.32. The second-order valence-corrected chi connectivity index (χ2v) is 7.21. The van der Waals surface area contributed by atoms with Crippen LogP contribution in [-0.2, 0) is 17.8 Å². The lowest BCUT2D eigenvalue weighted by atomic mass is 9.96. The molecule has 2 aliphatic heterocycles. The SMILES string of the molecule is O=C(Cn1c(=O)oc2ccccc21)N1CC[C@@H](c2ccc3c(c2)CCO3)C1. The van der Waals surface area contributed by atoms with Crippen LogP contribution >= 0.6 is 0 Å². The molecule has 0 radical (unpaired) electrons. The summed E-state index contributed by atoms with van der Waals surface area (Å²) in [4.78, 5) is 26.7. The number of hydrogen-bond acceptors (Lipinski definition) is 4. The van der Waals surface area contributed by atoms with E-state index in [0.717, 1.165) is 25.2 Å². The van der Waals surface area contributed by atoms with Gasteiger partial charge in [0.2, 0.25) is 5.91 Å². The van der Waals surface area contributed by atoms with Gasteiger partial charge >= 0.3 is 5.76 Å². The molecular weight excluding hydrogens is 344 g/mol. The third kappa shape index (κ3) is 2.81. The van der Waals surface area contributed by atoms with E-state index in [1.165, 1.54) is 15.7 Å². The van der Waals surface area contributed by atoms with Gasteiger partial charge in [0.05, 0.1) is 12.1 Å². The van der Waals surface area contributed by atoms with E-state index in [9.17, 15) is 9.59 Å². The first kappa shape index (κ1) is 16.2. The predicted molar refractivity (Wildman–Crippen MR) is 100 cm³/mol. The van der Waals surface area contributed by atoms with Crippen LogP contribution < -0.4 is 10.5 Å². The third-order valence-corrected chi connectivity index (χ3v) is 5.59. The number of rotatable bonds is 3. The first-order valence-electron chi connectivity index (χ1n) is 9.31. The van der Waals surface area contributed by atoms with Crippen molar-refractivity contribution in [3.05, 3.63) is 64.1 Å².